The number of ketones is 1. The number of esters is 1. The Morgan fingerprint density at radius 1 is 1.11 bits per heavy atom. The zero-order chi connectivity index (χ0) is 19.2. The van der Waals surface area contributed by atoms with E-state index in [9.17, 15) is 14.7 Å². The lowest BCUT2D eigenvalue weighted by Gasteiger charge is -2.22. The van der Waals surface area contributed by atoms with Gasteiger partial charge in [0.1, 0.15) is 23.7 Å². The zero-order valence-corrected chi connectivity index (χ0v) is 15.2. The fraction of sp³-hybridized carbons (Fsp3) is 0.333. The van der Waals surface area contributed by atoms with Crippen LogP contribution in [0, 0.1) is 5.92 Å². The maximum absolute atomic E-state index is 12.8. The molecular formula is C21H23NO5. The van der Waals surface area contributed by atoms with E-state index in [-0.39, 0.29) is 40.9 Å². The van der Waals surface area contributed by atoms with Crippen LogP contribution in [0.4, 0.5) is 0 Å². The van der Waals surface area contributed by atoms with Gasteiger partial charge in [0.25, 0.3) is 0 Å². The summed E-state index contributed by atoms with van der Waals surface area (Å²) in [5.74, 6) is -1.26. The van der Waals surface area contributed by atoms with Crippen molar-refractivity contribution in [1.29, 1.82) is 0 Å². The molecule has 0 saturated carbocycles. The summed E-state index contributed by atoms with van der Waals surface area (Å²) in [6, 6.07) is 12.3. The van der Waals surface area contributed by atoms with Gasteiger partial charge in [0.05, 0.1) is 12.7 Å². The Kier molecular flexibility index (Phi) is 6.08. The Bertz CT molecular complexity index is 813. The molecule has 1 heterocycles. The average Bonchev–Trinajstić information content (AvgIpc) is 2.72. The van der Waals surface area contributed by atoms with Crippen LogP contribution in [0.3, 0.4) is 0 Å². The predicted molar refractivity (Wildman–Crippen MR) is 100 cm³/mol. The van der Waals surface area contributed by atoms with Crippen molar-refractivity contribution in [3.63, 3.8) is 0 Å². The Morgan fingerprint density at radius 3 is 2.48 bits per heavy atom. The molecule has 0 radical (unpaired) electrons. The van der Waals surface area contributed by atoms with E-state index in [1.54, 1.807) is 0 Å². The summed E-state index contributed by atoms with van der Waals surface area (Å²) < 4.78 is 10.5. The Hall–Kier alpha value is -2.86. The SMILES string of the molecule is COc1ccc(C(=O)C2CCNCC2)c(O)c1C(=O)OCc1ccccc1. The van der Waals surface area contributed by atoms with Gasteiger partial charge in [-0.2, -0.15) is 0 Å². The maximum atomic E-state index is 12.8. The van der Waals surface area contributed by atoms with Crippen LogP contribution in [0.25, 0.3) is 0 Å². The number of benzene rings is 2. The van der Waals surface area contributed by atoms with Gasteiger partial charge >= 0.3 is 5.97 Å². The van der Waals surface area contributed by atoms with E-state index in [1.807, 2.05) is 30.3 Å². The zero-order valence-electron chi connectivity index (χ0n) is 15.2. The van der Waals surface area contributed by atoms with Gasteiger partial charge in [-0.3, -0.25) is 4.79 Å². The van der Waals surface area contributed by atoms with Gasteiger partial charge in [0.15, 0.2) is 5.78 Å². The van der Waals surface area contributed by atoms with Crippen LogP contribution >= 0.6 is 0 Å². The molecule has 3 rings (SSSR count). The van der Waals surface area contributed by atoms with Gasteiger partial charge in [-0.05, 0) is 43.6 Å². The number of rotatable bonds is 6. The van der Waals surface area contributed by atoms with E-state index in [4.69, 9.17) is 9.47 Å². The number of phenolic OH excluding ortho intramolecular Hbond substituents is 1. The summed E-state index contributed by atoms with van der Waals surface area (Å²) in [7, 11) is 1.40. The number of phenols is 1. The number of hydrogen-bond donors (Lipinski definition) is 2. The van der Waals surface area contributed by atoms with Crippen LogP contribution in [-0.4, -0.2) is 37.1 Å². The van der Waals surface area contributed by atoms with E-state index in [2.05, 4.69) is 5.32 Å². The third-order valence-corrected chi connectivity index (χ3v) is 4.75. The number of Topliss-reactive ketones (excluding diaryl/α,β-unsaturated/α-hetero) is 1. The molecule has 2 N–H and O–H groups in total. The highest BCUT2D eigenvalue weighted by atomic mass is 16.5. The monoisotopic (exact) mass is 369 g/mol. The van der Waals surface area contributed by atoms with E-state index in [0.29, 0.717) is 12.8 Å². The number of piperidine rings is 1. The Balaban J connectivity index is 1.84. The third-order valence-electron chi connectivity index (χ3n) is 4.75. The number of carbonyl (C=O) groups is 2. The summed E-state index contributed by atoms with van der Waals surface area (Å²) in [5, 5.41) is 13.9. The topological polar surface area (TPSA) is 84.9 Å². The summed E-state index contributed by atoms with van der Waals surface area (Å²) in [6.07, 6.45) is 1.41. The van der Waals surface area contributed by atoms with Crippen molar-refractivity contribution >= 4 is 11.8 Å². The van der Waals surface area contributed by atoms with Crippen molar-refractivity contribution in [2.75, 3.05) is 20.2 Å². The quantitative estimate of drug-likeness (QED) is 0.602. The van der Waals surface area contributed by atoms with E-state index >= 15 is 0 Å². The molecule has 0 atom stereocenters. The van der Waals surface area contributed by atoms with Crippen molar-refractivity contribution in [3.05, 3.63) is 59.2 Å². The van der Waals surface area contributed by atoms with Gasteiger partial charge in [0.2, 0.25) is 0 Å². The summed E-state index contributed by atoms with van der Waals surface area (Å²) in [4.78, 5) is 25.4. The molecule has 1 aliphatic heterocycles. The minimum absolute atomic E-state index is 0.0642. The van der Waals surface area contributed by atoms with Crippen LogP contribution in [0.5, 0.6) is 11.5 Å². The van der Waals surface area contributed by atoms with Gasteiger partial charge in [-0.25, -0.2) is 4.79 Å². The lowest BCUT2D eigenvalue weighted by Crippen LogP contribution is -2.32. The molecule has 27 heavy (non-hydrogen) atoms. The standard InChI is InChI=1S/C21H23NO5/c1-26-17-8-7-16(19(23)15-9-11-22-12-10-15)20(24)18(17)21(25)27-13-14-5-3-2-4-6-14/h2-8,15,22,24H,9-13H2,1H3. The number of ether oxygens (including phenoxy) is 2. The normalized spacial score (nSPS) is 14.6. The summed E-state index contributed by atoms with van der Waals surface area (Å²) >= 11 is 0. The van der Waals surface area contributed by atoms with Crippen LogP contribution < -0.4 is 10.1 Å². The second-order valence-electron chi connectivity index (χ2n) is 6.49. The molecule has 1 fully saturated rings. The molecule has 1 saturated heterocycles. The smallest absolute Gasteiger partial charge is 0.346 e. The van der Waals surface area contributed by atoms with Crippen molar-refractivity contribution in [2.45, 2.75) is 19.4 Å². The van der Waals surface area contributed by atoms with Gasteiger partial charge < -0.3 is 19.9 Å². The molecule has 2 aromatic carbocycles. The molecule has 0 spiro atoms. The molecule has 0 unspecified atom stereocenters. The third kappa shape index (κ3) is 4.28. The number of aromatic hydroxyl groups is 1. The van der Waals surface area contributed by atoms with E-state index in [1.165, 1.54) is 19.2 Å². The lowest BCUT2D eigenvalue weighted by molar-refractivity contribution is 0.0465. The number of hydrogen-bond acceptors (Lipinski definition) is 6. The number of nitrogens with one attached hydrogen (secondary N) is 1. The second-order valence-corrected chi connectivity index (χ2v) is 6.49. The van der Waals surface area contributed by atoms with Crippen molar-refractivity contribution in [3.8, 4) is 11.5 Å². The highest BCUT2D eigenvalue weighted by Crippen LogP contribution is 2.34. The molecule has 6 heteroatoms. The average molecular weight is 369 g/mol. The fourth-order valence-electron chi connectivity index (χ4n) is 3.24. The molecular weight excluding hydrogens is 346 g/mol. The van der Waals surface area contributed by atoms with E-state index < -0.39 is 5.97 Å². The molecule has 1 aliphatic rings. The fourth-order valence-corrected chi connectivity index (χ4v) is 3.24. The van der Waals surface area contributed by atoms with Crippen molar-refractivity contribution in [2.24, 2.45) is 5.92 Å². The highest BCUT2D eigenvalue weighted by molar-refractivity contribution is 6.05. The van der Waals surface area contributed by atoms with E-state index in [0.717, 1.165) is 18.7 Å². The first kappa shape index (κ1) is 18.9. The highest BCUT2D eigenvalue weighted by Gasteiger charge is 2.29. The molecule has 6 nitrogen and oxygen atoms in total. The van der Waals surface area contributed by atoms with Gasteiger partial charge in [-0.1, -0.05) is 30.3 Å². The minimum Gasteiger partial charge on any atom is -0.506 e. The Morgan fingerprint density at radius 2 is 1.81 bits per heavy atom. The molecule has 0 aromatic heterocycles. The van der Waals surface area contributed by atoms with Gasteiger partial charge in [-0.15, -0.1) is 0 Å². The van der Waals surface area contributed by atoms with Crippen LogP contribution in [0.15, 0.2) is 42.5 Å². The second kappa shape index (κ2) is 8.68. The molecule has 142 valence electrons. The first-order valence-corrected chi connectivity index (χ1v) is 8.97. The number of methoxy groups -OCH3 is 1. The molecule has 0 aliphatic carbocycles. The summed E-state index contributed by atoms with van der Waals surface area (Å²) in [6.45, 7) is 1.59. The van der Waals surface area contributed by atoms with Crippen molar-refractivity contribution in [1.82, 2.24) is 5.32 Å². The summed E-state index contributed by atoms with van der Waals surface area (Å²) in [5.41, 5.74) is 0.841. The first-order chi connectivity index (χ1) is 13.1. The first-order valence-electron chi connectivity index (χ1n) is 8.97. The number of carbonyl (C=O) groups excluding carboxylic acids is 2. The van der Waals surface area contributed by atoms with Crippen LogP contribution in [-0.2, 0) is 11.3 Å². The van der Waals surface area contributed by atoms with Gasteiger partial charge in [0, 0.05) is 5.92 Å². The van der Waals surface area contributed by atoms with Crippen molar-refractivity contribution < 1.29 is 24.2 Å². The largest absolute Gasteiger partial charge is 0.506 e. The molecule has 2 aromatic rings. The Labute approximate surface area is 158 Å². The van der Waals surface area contributed by atoms with Crippen LogP contribution in [0.1, 0.15) is 39.1 Å². The predicted octanol–water partition coefficient (Wildman–Crippen LogP) is 2.94. The maximum Gasteiger partial charge on any atom is 0.346 e. The lowest BCUT2D eigenvalue weighted by atomic mass is 9.88. The molecule has 0 amide bonds. The minimum atomic E-state index is -0.729. The molecule has 0 bridgehead atoms. The van der Waals surface area contributed by atoms with Crippen LogP contribution in [0.2, 0.25) is 0 Å².